The summed E-state index contributed by atoms with van der Waals surface area (Å²) in [5.74, 6) is -0.389. The van der Waals surface area contributed by atoms with Crippen LogP contribution < -0.4 is 0 Å². The highest BCUT2D eigenvalue weighted by molar-refractivity contribution is 6.31. The highest BCUT2D eigenvalue weighted by Crippen LogP contribution is 2.26. The summed E-state index contributed by atoms with van der Waals surface area (Å²) in [5, 5.41) is 11.1. The molecule has 5 nitrogen and oxygen atoms in total. The van der Waals surface area contributed by atoms with E-state index in [-0.39, 0.29) is 22.5 Å². The van der Waals surface area contributed by atoms with Crippen molar-refractivity contribution < 1.29 is 9.72 Å². The fourth-order valence-corrected chi connectivity index (χ4v) is 2.61. The van der Waals surface area contributed by atoms with Gasteiger partial charge in [0, 0.05) is 24.2 Å². The van der Waals surface area contributed by atoms with Crippen LogP contribution in [0, 0.1) is 10.1 Å². The molecule has 1 aromatic rings. The van der Waals surface area contributed by atoms with Crippen LogP contribution in [0.5, 0.6) is 0 Å². The molecular weight excluding hydrogens is 291 g/mol. The van der Waals surface area contributed by atoms with Crippen LogP contribution in [0.2, 0.25) is 5.02 Å². The van der Waals surface area contributed by atoms with Crippen molar-refractivity contribution in [2.45, 2.75) is 18.2 Å². The van der Waals surface area contributed by atoms with E-state index >= 15 is 0 Å². The molecule has 1 heterocycles. The van der Waals surface area contributed by atoms with Gasteiger partial charge in [0.1, 0.15) is 5.56 Å². The molecule has 0 bridgehead atoms. The van der Waals surface area contributed by atoms with Crippen molar-refractivity contribution in [2.75, 3.05) is 13.1 Å². The summed E-state index contributed by atoms with van der Waals surface area (Å²) in [7, 11) is 0. The minimum absolute atomic E-state index is 0.0169. The summed E-state index contributed by atoms with van der Waals surface area (Å²) in [6, 6.07) is 3.98. The Kier molecular flexibility index (Phi) is 4.27. The van der Waals surface area contributed by atoms with Gasteiger partial charge in [-0.15, -0.1) is 11.6 Å². The molecule has 0 radical (unpaired) electrons. The Hall–Kier alpha value is -1.33. The first-order valence-electron chi connectivity index (χ1n) is 5.86. The second-order valence-electron chi connectivity index (χ2n) is 4.41. The first-order valence-corrected chi connectivity index (χ1v) is 6.68. The van der Waals surface area contributed by atoms with Gasteiger partial charge >= 0.3 is 0 Å². The van der Waals surface area contributed by atoms with Crippen LogP contribution in [0.3, 0.4) is 0 Å². The van der Waals surface area contributed by atoms with Gasteiger partial charge in [0.05, 0.1) is 10.3 Å². The largest absolute Gasteiger partial charge is 0.337 e. The summed E-state index contributed by atoms with van der Waals surface area (Å²) in [5.41, 5.74) is -0.214. The highest BCUT2D eigenvalue weighted by Gasteiger charge is 2.28. The molecular formula is C12H12Cl2N2O3. The molecule has 19 heavy (non-hydrogen) atoms. The summed E-state index contributed by atoms with van der Waals surface area (Å²) >= 11 is 11.8. The van der Waals surface area contributed by atoms with Gasteiger partial charge in [-0.3, -0.25) is 14.9 Å². The molecule has 1 fully saturated rings. The molecule has 1 aliphatic heterocycles. The van der Waals surface area contributed by atoms with Crippen LogP contribution in [0.25, 0.3) is 0 Å². The molecule has 1 amide bonds. The van der Waals surface area contributed by atoms with E-state index in [0.717, 1.165) is 12.8 Å². The van der Waals surface area contributed by atoms with Crippen molar-refractivity contribution in [3.63, 3.8) is 0 Å². The van der Waals surface area contributed by atoms with Crippen LogP contribution in [-0.2, 0) is 0 Å². The second kappa shape index (κ2) is 5.75. The number of hydrogen-bond acceptors (Lipinski definition) is 3. The lowest BCUT2D eigenvalue weighted by molar-refractivity contribution is -0.385. The number of amides is 1. The number of benzene rings is 1. The van der Waals surface area contributed by atoms with Gasteiger partial charge in [-0.25, -0.2) is 0 Å². The van der Waals surface area contributed by atoms with E-state index in [0.29, 0.717) is 18.1 Å². The third-order valence-corrected chi connectivity index (χ3v) is 3.63. The Bertz CT molecular complexity index is 522. The Balaban J connectivity index is 2.32. The number of alkyl halides is 1. The summed E-state index contributed by atoms with van der Waals surface area (Å²) in [6.45, 7) is 0.968. The Morgan fingerprint density at radius 3 is 2.84 bits per heavy atom. The van der Waals surface area contributed by atoms with E-state index < -0.39 is 4.92 Å². The first-order chi connectivity index (χ1) is 8.99. The molecule has 0 N–H and O–H groups in total. The fourth-order valence-electron chi connectivity index (χ4n) is 2.12. The molecule has 102 valence electrons. The van der Waals surface area contributed by atoms with Crippen LogP contribution in [0.1, 0.15) is 23.2 Å². The quantitative estimate of drug-likeness (QED) is 0.479. The average Bonchev–Trinajstić information content (AvgIpc) is 2.37. The number of carbonyl (C=O) groups excluding carboxylic acids is 1. The highest BCUT2D eigenvalue weighted by atomic mass is 35.5. The maximum atomic E-state index is 12.3. The summed E-state index contributed by atoms with van der Waals surface area (Å²) < 4.78 is 0. The van der Waals surface area contributed by atoms with E-state index in [2.05, 4.69) is 0 Å². The lowest BCUT2D eigenvalue weighted by Gasteiger charge is -2.29. The van der Waals surface area contributed by atoms with Crippen molar-refractivity contribution in [2.24, 2.45) is 0 Å². The summed E-state index contributed by atoms with van der Waals surface area (Å²) in [6.07, 6.45) is 1.65. The third-order valence-electron chi connectivity index (χ3n) is 3.04. The predicted molar refractivity (Wildman–Crippen MR) is 72.9 cm³/mol. The zero-order chi connectivity index (χ0) is 14.0. The van der Waals surface area contributed by atoms with Crippen molar-refractivity contribution in [3.8, 4) is 0 Å². The second-order valence-corrected chi connectivity index (χ2v) is 5.46. The number of carbonyl (C=O) groups is 1. The Labute approximate surface area is 120 Å². The third kappa shape index (κ3) is 3.16. The van der Waals surface area contributed by atoms with Gasteiger partial charge in [-0.2, -0.15) is 0 Å². The van der Waals surface area contributed by atoms with Crippen LogP contribution in [-0.4, -0.2) is 34.2 Å². The molecule has 0 saturated carbocycles. The average molecular weight is 303 g/mol. The van der Waals surface area contributed by atoms with Crippen LogP contribution in [0.4, 0.5) is 5.69 Å². The molecule has 0 aromatic heterocycles. The smallest absolute Gasteiger partial charge is 0.282 e. The predicted octanol–water partition coefficient (Wildman–Crippen LogP) is 3.09. The van der Waals surface area contributed by atoms with E-state index in [1.54, 1.807) is 4.90 Å². The number of halogens is 2. The van der Waals surface area contributed by atoms with E-state index in [1.807, 2.05) is 0 Å². The zero-order valence-electron chi connectivity index (χ0n) is 10.0. The maximum Gasteiger partial charge on any atom is 0.282 e. The normalized spacial score (nSPS) is 19.3. The van der Waals surface area contributed by atoms with Crippen LogP contribution in [0.15, 0.2) is 18.2 Å². The lowest BCUT2D eigenvalue weighted by atomic mass is 10.1. The Morgan fingerprint density at radius 2 is 2.21 bits per heavy atom. The minimum Gasteiger partial charge on any atom is -0.337 e. The lowest BCUT2D eigenvalue weighted by Crippen LogP contribution is -2.40. The van der Waals surface area contributed by atoms with Crippen molar-refractivity contribution in [1.29, 1.82) is 0 Å². The van der Waals surface area contributed by atoms with Gasteiger partial charge < -0.3 is 4.90 Å². The SMILES string of the molecule is O=C(c1cc(Cl)ccc1[N+](=O)[O-])N1CCCC(Cl)C1. The molecule has 0 spiro atoms. The topological polar surface area (TPSA) is 63.4 Å². The van der Waals surface area contributed by atoms with E-state index in [1.165, 1.54) is 18.2 Å². The summed E-state index contributed by atoms with van der Waals surface area (Å²) in [4.78, 5) is 24.2. The van der Waals surface area contributed by atoms with Gasteiger partial charge in [-0.05, 0) is 25.0 Å². The monoisotopic (exact) mass is 302 g/mol. The number of piperidine rings is 1. The number of rotatable bonds is 2. The number of likely N-dealkylation sites (tertiary alicyclic amines) is 1. The first kappa shape index (κ1) is 14.1. The van der Waals surface area contributed by atoms with E-state index in [9.17, 15) is 14.9 Å². The molecule has 1 aliphatic rings. The van der Waals surface area contributed by atoms with Gasteiger partial charge in [0.15, 0.2) is 0 Å². The van der Waals surface area contributed by atoms with Gasteiger partial charge in [-0.1, -0.05) is 11.6 Å². The molecule has 7 heteroatoms. The number of nitro benzene ring substituents is 1. The van der Waals surface area contributed by atoms with E-state index in [4.69, 9.17) is 23.2 Å². The molecule has 2 rings (SSSR count). The van der Waals surface area contributed by atoms with Crippen molar-refractivity contribution in [1.82, 2.24) is 4.90 Å². The number of hydrogen-bond donors (Lipinski definition) is 0. The molecule has 0 aliphatic carbocycles. The minimum atomic E-state index is -0.578. The van der Waals surface area contributed by atoms with Crippen LogP contribution >= 0.6 is 23.2 Å². The number of nitro groups is 1. The fraction of sp³-hybridized carbons (Fsp3) is 0.417. The van der Waals surface area contributed by atoms with Crippen molar-refractivity contribution >= 4 is 34.8 Å². The Morgan fingerprint density at radius 1 is 1.47 bits per heavy atom. The van der Waals surface area contributed by atoms with Gasteiger partial charge in [0.25, 0.3) is 11.6 Å². The molecule has 1 unspecified atom stereocenters. The van der Waals surface area contributed by atoms with Gasteiger partial charge in [0.2, 0.25) is 0 Å². The zero-order valence-corrected chi connectivity index (χ0v) is 11.5. The maximum absolute atomic E-state index is 12.3. The number of nitrogens with zero attached hydrogens (tertiary/aromatic N) is 2. The molecule has 1 aromatic carbocycles. The standard InChI is InChI=1S/C12H12Cl2N2O3/c13-8-3-4-11(16(18)19)10(6-8)12(17)15-5-1-2-9(14)7-15/h3-4,6,9H,1-2,5,7H2. The molecule has 1 saturated heterocycles. The van der Waals surface area contributed by atoms with Crippen molar-refractivity contribution in [3.05, 3.63) is 38.9 Å². The molecule has 1 atom stereocenters.